The fourth-order valence-electron chi connectivity index (χ4n) is 2.96. The van der Waals surface area contributed by atoms with Crippen LogP contribution in [0.4, 0.5) is 0 Å². The molecular formula is C19H21NO4. The summed E-state index contributed by atoms with van der Waals surface area (Å²) in [5.41, 5.74) is 1.05. The largest absolute Gasteiger partial charge is 0.508 e. The van der Waals surface area contributed by atoms with Gasteiger partial charge in [0, 0.05) is 25.2 Å². The lowest BCUT2D eigenvalue weighted by Crippen LogP contribution is -2.28. The molecule has 1 heterocycles. The minimum Gasteiger partial charge on any atom is -0.508 e. The van der Waals surface area contributed by atoms with E-state index in [0.29, 0.717) is 13.1 Å². The highest BCUT2D eigenvalue weighted by atomic mass is 16.5. The van der Waals surface area contributed by atoms with Crippen molar-refractivity contribution in [3.63, 3.8) is 0 Å². The van der Waals surface area contributed by atoms with E-state index < -0.39 is 0 Å². The molecule has 24 heavy (non-hydrogen) atoms. The standard InChI is InChI=1S/C19H21NO4/c1-13(14-7-3-2-4-8-14)24-17-12-15(21)11-16(22)18(17)19(23)20-9-5-6-10-20/h2-4,7-8,11-13,21-22H,5-6,9-10H2,1H3/t13-/m1/s1. The van der Waals surface area contributed by atoms with Crippen LogP contribution >= 0.6 is 0 Å². The van der Waals surface area contributed by atoms with E-state index in [1.807, 2.05) is 37.3 Å². The molecule has 0 unspecified atom stereocenters. The molecule has 1 aliphatic heterocycles. The average Bonchev–Trinajstić information content (AvgIpc) is 3.09. The van der Waals surface area contributed by atoms with E-state index >= 15 is 0 Å². The van der Waals surface area contributed by atoms with Gasteiger partial charge < -0.3 is 19.8 Å². The van der Waals surface area contributed by atoms with Crippen LogP contribution in [0.5, 0.6) is 17.2 Å². The predicted molar refractivity (Wildman–Crippen MR) is 90.4 cm³/mol. The van der Waals surface area contributed by atoms with E-state index in [1.54, 1.807) is 4.90 Å². The van der Waals surface area contributed by atoms with Crippen molar-refractivity contribution in [2.24, 2.45) is 0 Å². The molecule has 1 saturated heterocycles. The zero-order valence-corrected chi connectivity index (χ0v) is 13.6. The summed E-state index contributed by atoms with van der Waals surface area (Å²) in [6, 6.07) is 12.1. The highest BCUT2D eigenvalue weighted by Gasteiger charge is 2.27. The van der Waals surface area contributed by atoms with E-state index in [2.05, 4.69) is 0 Å². The van der Waals surface area contributed by atoms with Crippen molar-refractivity contribution in [1.82, 2.24) is 4.90 Å². The first-order valence-corrected chi connectivity index (χ1v) is 8.13. The van der Waals surface area contributed by atoms with Gasteiger partial charge in [0.25, 0.3) is 5.91 Å². The van der Waals surface area contributed by atoms with Crippen LogP contribution in [0.3, 0.4) is 0 Å². The molecule has 0 bridgehead atoms. The first-order chi connectivity index (χ1) is 11.6. The van der Waals surface area contributed by atoms with Crippen molar-refractivity contribution >= 4 is 5.91 Å². The third kappa shape index (κ3) is 3.30. The molecule has 0 saturated carbocycles. The molecule has 0 spiro atoms. The van der Waals surface area contributed by atoms with Gasteiger partial charge in [0.1, 0.15) is 28.9 Å². The Bertz CT molecular complexity index is 724. The summed E-state index contributed by atoms with van der Waals surface area (Å²) in [6.07, 6.45) is 1.60. The number of phenolic OH excluding ortho intramolecular Hbond substituents is 2. The molecular weight excluding hydrogens is 306 g/mol. The lowest BCUT2D eigenvalue weighted by Gasteiger charge is -2.21. The molecule has 0 aliphatic carbocycles. The summed E-state index contributed by atoms with van der Waals surface area (Å²) in [7, 11) is 0. The zero-order chi connectivity index (χ0) is 17.1. The van der Waals surface area contributed by atoms with Crippen LogP contribution in [0, 0.1) is 0 Å². The van der Waals surface area contributed by atoms with Gasteiger partial charge in [-0.3, -0.25) is 4.79 Å². The van der Waals surface area contributed by atoms with E-state index in [4.69, 9.17) is 4.74 Å². The quantitative estimate of drug-likeness (QED) is 0.902. The number of hydrogen-bond acceptors (Lipinski definition) is 4. The van der Waals surface area contributed by atoms with Crippen molar-refractivity contribution in [2.75, 3.05) is 13.1 Å². The highest BCUT2D eigenvalue weighted by molar-refractivity contribution is 6.00. The first kappa shape index (κ1) is 16.2. The second kappa shape index (κ2) is 6.83. The molecule has 2 N–H and O–H groups in total. The minimum atomic E-state index is -0.322. The van der Waals surface area contributed by atoms with Crippen molar-refractivity contribution in [3.05, 3.63) is 53.6 Å². The molecule has 1 aliphatic rings. The third-order valence-corrected chi connectivity index (χ3v) is 4.25. The molecule has 0 aromatic heterocycles. The Kier molecular flexibility index (Phi) is 4.60. The smallest absolute Gasteiger partial charge is 0.261 e. The molecule has 1 fully saturated rings. The maximum absolute atomic E-state index is 12.7. The highest BCUT2D eigenvalue weighted by Crippen LogP contribution is 2.36. The maximum atomic E-state index is 12.7. The number of amides is 1. The summed E-state index contributed by atoms with van der Waals surface area (Å²) < 4.78 is 5.91. The predicted octanol–water partition coefficient (Wildman–Crippen LogP) is 3.47. The summed E-state index contributed by atoms with van der Waals surface area (Å²) in [6.45, 7) is 3.21. The average molecular weight is 327 g/mol. The van der Waals surface area contributed by atoms with Crippen LogP contribution in [0.15, 0.2) is 42.5 Å². The van der Waals surface area contributed by atoms with Crippen LogP contribution in [0.25, 0.3) is 0 Å². The summed E-state index contributed by atoms with van der Waals surface area (Å²) in [5.74, 6) is -0.469. The fraction of sp³-hybridized carbons (Fsp3) is 0.316. The number of phenols is 2. The number of ether oxygens (including phenoxy) is 1. The fourth-order valence-corrected chi connectivity index (χ4v) is 2.96. The summed E-state index contributed by atoms with van der Waals surface area (Å²) in [4.78, 5) is 14.4. The molecule has 5 nitrogen and oxygen atoms in total. The normalized spacial score (nSPS) is 15.3. The summed E-state index contributed by atoms with van der Waals surface area (Å²) in [5, 5.41) is 20.0. The maximum Gasteiger partial charge on any atom is 0.261 e. The van der Waals surface area contributed by atoms with Gasteiger partial charge in [-0.05, 0) is 25.3 Å². The lowest BCUT2D eigenvalue weighted by atomic mass is 10.1. The van der Waals surface area contributed by atoms with Gasteiger partial charge in [-0.1, -0.05) is 30.3 Å². The number of hydrogen-bond donors (Lipinski definition) is 2. The second-order valence-corrected chi connectivity index (χ2v) is 6.01. The third-order valence-electron chi connectivity index (χ3n) is 4.25. The van der Waals surface area contributed by atoms with Crippen molar-refractivity contribution in [3.8, 4) is 17.2 Å². The SMILES string of the molecule is C[C@@H](Oc1cc(O)cc(O)c1C(=O)N1CCCC1)c1ccccc1. The molecule has 1 amide bonds. The van der Waals surface area contributed by atoms with Crippen molar-refractivity contribution in [1.29, 1.82) is 0 Å². The zero-order valence-electron chi connectivity index (χ0n) is 13.6. The van der Waals surface area contributed by atoms with E-state index in [9.17, 15) is 15.0 Å². The Hall–Kier alpha value is -2.69. The number of carbonyl (C=O) groups is 1. The van der Waals surface area contributed by atoms with Crippen LogP contribution in [0.1, 0.15) is 41.8 Å². The van der Waals surface area contributed by atoms with E-state index in [0.717, 1.165) is 18.4 Å². The summed E-state index contributed by atoms with van der Waals surface area (Å²) >= 11 is 0. The molecule has 3 rings (SSSR count). The minimum absolute atomic E-state index is 0.109. The van der Waals surface area contributed by atoms with Crippen LogP contribution < -0.4 is 4.74 Å². The van der Waals surface area contributed by atoms with Crippen LogP contribution in [-0.2, 0) is 0 Å². The van der Waals surface area contributed by atoms with Gasteiger partial charge in [0.05, 0.1) is 0 Å². The van der Waals surface area contributed by atoms with Gasteiger partial charge >= 0.3 is 0 Å². The van der Waals surface area contributed by atoms with Crippen LogP contribution in [0.2, 0.25) is 0 Å². The van der Waals surface area contributed by atoms with Gasteiger partial charge in [-0.25, -0.2) is 0 Å². The Morgan fingerprint density at radius 3 is 2.46 bits per heavy atom. The number of rotatable bonds is 4. The molecule has 2 aromatic carbocycles. The Morgan fingerprint density at radius 1 is 1.12 bits per heavy atom. The Morgan fingerprint density at radius 2 is 1.79 bits per heavy atom. The van der Waals surface area contributed by atoms with Gasteiger partial charge in [0.15, 0.2) is 0 Å². The van der Waals surface area contributed by atoms with Gasteiger partial charge in [-0.2, -0.15) is 0 Å². The van der Waals surface area contributed by atoms with Crippen LogP contribution in [-0.4, -0.2) is 34.1 Å². The monoisotopic (exact) mass is 327 g/mol. The van der Waals surface area contributed by atoms with E-state index in [1.165, 1.54) is 12.1 Å². The number of benzene rings is 2. The number of aromatic hydroxyl groups is 2. The molecule has 1 atom stereocenters. The lowest BCUT2D eigenvalue weighted by molar-refractivity contribution is 0.0782. The van der Waals surface area contributed by atoms with Gasteiger partial charge in [0.2, 0.25) is 0 Å². The molecule has 126 valence electrons. The molecule has 2 aromatic rings. The number of nitrogens with zero attached hydrogens (tertiary/aromatic N) is 1. The number of carbonyl (C=O) groups excluding carboxylic acids is 1. The number of likely N-dealkylation sites (tertiary alicyclic amines) is 1. The van der Waals surface area contributed by atoms with Gasteiger partial charge in [-0.15, -0.1) is 0 Å². The molecule has 0 radical (unpaired) electrons. The first-order valence-electron chi connectivity index (χ1n) is 8.13. The van der Waals surface area contributed by atoms with Crippen molar-refractivity contribution in [2.45, 2.75) is 25.9 Å². The Labute approximate surface area is 141 Å². The topological polar surface area (TPSA) is 70.0 Å². The second-order valence-electron chi connectivity index (χ2n) is 6.01. The Balaban J connectivity index is 1.92. The van der Waals surface area contributed by atoms with Crippen molar-refractivity contribution < 1.29 is 19.7 Å². The van der Waals surface area contributed by atoms with E-state index in [-0.39, 0.29) is 34.8 Å². The molecule has 5 heteroatoms.